The molecule has 1 aromatic rings. The predicted octanol–water partition coefficient (Wildman–Crippen LogP) is 2.78. The van der Waals surface area contributed by atoms with Gasteiger partial charge in [-0.05, 0) is 102 Å². The number of amides is 2. The van der Waals surface area contributed by atoms with Crippen LogP contribution in [0.25, 0.3) is 0 Å². The third kappa shape index (κ3) is 5.30. The van der Waals surface area contributed by atoms with Crippen molar-refractivity contribution in [3.05, 3.63) is 30.1 Å². The molecule has 0 aliphatic carbocycles. The summed E-state index contributed by atoms with van der Waals surface area (Å²) in [4.78, 5) is 37.6. The van der Waals surface area contributed by atoms with E-state index in [0.717, 1.165) is 32.5 Å². The Morgan fingerprint density at radius 2 is 1.88 bits per heavy atom. The minimum Gasteiger partial charge on any atom is -0.355 e. The summed E-state index contributed by atoms with van der Waals surface area (Å²) in [6.07, 6.45) is 13.2. The normalized spacial score (nSPS) is 29.6. The van der Waals surface area contributed by atoms with Crippen LogP contribution < -0.4 is 5.32 Å². The number of aromatic nitrogens is 1. The number of nitrogens with one attached hydrogen (secondary N) is 1. The fourth-order valence-corrected chi connectivity index (χ4v) is 7.17. The number of nitrogens with zero attached hydrogens (tertiary/aromatic N) is 4. The molecule has 4 atom stereocenters. The summed E-state index contributed by atoms with van der Waals surface area (Å²) < 4.78 is 0. The van der Waals surface area contributed by atoms with Gasteiger partial charge in [0.05, 0.1) is 5.56 Å². The molecular formula is C27H41N5O2. The molecule has 0 unspecified atom stereocenters. The summed E-state index contributed by atoms with van der Waals surface area (Å²) in [5.41, 5.74) is 0.689. The van der Waals surface area contributed by atoms with Crippen LogP contribution in [0.1, 0.15) is 68.1 Å². The first-order chi connectivity index (χ1) is 16.7. The van der Waals surface area contributed by atoms with Crippen LogP contribution in [0.5, 0.6) is 0 Å². The number of piperidine rings is 3. The minimum atomic E-state index is 0.120. The standard InChI is InChI=1S/C27H41N5O2/c33-25(29-13-18-30-14-1-2-15-30)11-3-10-24-23-9-6-17-31-16-5-8-22(26(23)31)20-32(24)27(34)21-7-4-12-28-19-21/h4,7,12,19,22-24,26H,1-3,5-6,8-11,13-18,20H2,(H,29,33)/t22-,23+,24+,26-/m0/s1. The van der Waals surface area contributed by atoms with E-state index in [1.807, 2.05) is 12.1 Å². The van der Waals surface area contributed by atoms with Crippen LogP contribution in [-0.4, -0.2) is 89.4 Å². The van der Waals surface area contributed by atoms with Crippen molar-refractivity contribution < 1.29 is 9.59 Å². The number of carbonyl (C=O) groups is 2. The number of hydrogen-bond donors (Lipinski definition) is 1. The molecule has 0 radical (unpaired) electrons. The number of carbonyl (C=O) groups excluding carboxylic acids is 2. The number of likely N-dealkylation sites (tertiary alicyclic amines) is 2. The highest BCUT2D eigenvalue weighted by atomic mass is 16.2. The van der Waals surface area contributed by atoms with E-state index in [-0.39, 0.29) is 17.9 Å². The molecule has 4 aliphatic heterocycles. The monoisotopic (exact) mass is 467 g/mol. The van der Waals surface area contributed by atoms with E-state index < -0.39 is 0 Å². The predicted molar refractivity (Wildman–Crippen MR) is 132 cm³/mol. The van der Waals surface area contributed by atoms with Gasteiger partial charge in [-0.2, -0.15) is 0 Å². The van der Waals surface area contributed by atoms with Gasteiger partial charge >= 0.3 is 0 Å². The van der Waals surface area contributed by atoms with Gasteiger partial charge in [0, 0.05) is 50.5 Å². The Labute approximate surface area is 204 Å². The van der Waals surface area contributed by atoms with Crippen molar-refractivity contribution in [2.75, 3.05) is 45.8 Å². The maximum Gasteiger partial charge on any atom is 0.255 e. The Balaban J connectivity index is 1.22. The van der Waals surface area contributed by atoms with Gasteiger partial charge in [0.1, 0.15) is 0 Å². The smallest absolute Gasteiger partial charge is 0.255 e. The third-order valence-electron chi connectivity index (χ3n) is 8.69. The van der Waals surface area contributed by atoms with Crippen molar-refractivity contribution in [2.24, 2.45) is 11.8 Å². The maximum absolute atomic E-state index is 13.6. The van der Waals surface area contributed by atoms with Gasteiger partial charge in [-0.1, -0.05) is 0 Å². The van der Waals surface area contributed by atoms with Gasteiger partial charge in [0.15, 0.2) is 0 Å². The summed E-state index contributed by atoms with van der Waals surface area (Å²) in [5, 5.41) is 3.12. The van der Waals surface area contributed by atoms with Crippen molar-refractivity contribution >= 4 is 11.8 Å². The molecule has 2 amide bonds. The maximum atomic E-state index is 13.6. The van der Waals surface area contributed by atoms with Crippen LogP contribution in [0.4, 0.5) is 0 Å². The van der Waals surface area contributed by atoms with Gasteiger partial charge in [0.25, 0.3) is 5.91 Å². The van der Waals surface area contributed by atoms with Gasteiger partial charge in [0.2, 0.25) is 5.91 Å². The highest BCUT2D eigenvalue weighted by Crippen LogP contribution is 2.43. The van der Waals surface area contributed by atoms with Crippen LogP contribution >= 0.6 is 0 Å². The molecule has 5 rings (SSSR count). The SMILES string of the molecule is O=C(CCC[C@@H]1[C@H]2CCCN3CCC[C@@H](CN1C(=O)c1cccnc1)[C@@H]23)NCCN1CCCC1. The van der Waals surface area contributed by atoms with E-state index in [2.05, 4.69) is 25.0 Å². The Bertz CT molecular complexity index is 826. The molecule has 4 aliphatic rings. The molecule has 4 saturated heterocycles. The van der Waals surface area contributed by atoms with Crippen molar-refractivity contribution in [3.8, 4) is 0 Å². The molecule has 1 N–H and O–H groups in total. The zero-order chi connectivity index (χ0) is 23.3. The number of hydrogen-bond acceptors (Lipinski definition) is 5. The molecule has 5 heterocycles. The molecule has 186 valence electrons. The molecule has 0 bridgehead atoms. The Kier molecular flexibility index (Phi) is 7.80. The summed E-state index contributed by atoms with van der Waals surface area (Å²) in [6, 6.07) is 4.57. The Morgan fingerprint density at radius 1 is 1.06 bits per heavy atom. The molecule has 0 aromatic carbocycles. The summed E-state index contributed by atoms with van der Waals surface area (Å²) in [5.74, 6) is 1.37. The Morgan fingerprint density at radius 3 is 2.68 bits per heavy atom. The second-order valence-electron chi connectivity index (χ2n) is 10.8. The summed E-state index contributed by atoms with van der Waals surface area (Å²) >= 11 is 0. The highest BCUT2D eigenvalue weighted by molar-refractivity contribution is 5.94. The quantitative estimate of drug-likeness (QED) is 0.637. The van der Waals surface area contributed by atoms with Crippen molar-refractivity contribution in [2.45, 2.75) is 69.9 Å². The molecule has 0 spiro atoms. The summed E-state index contributed by atoms with van der Waals surface area (Å²) in [6.45, 7) is 7.30. The van der Waals surface area contributed by atoms with Crippen molar-refractivity contribution in [1.29, 1.82) is 0 Å². The van der Waals surface area contributed by atoms with Crippen LogP contribution in [0.2, 0.25) is 0 Å². The fourth-order valence-electron chi connectivity index (χ4n) is 7.17. The van der Waals surface area contributed by atoms with Crippen molar-refractivity contribution in [3.63, 3.8) is 0 Å². The van der Waals surface area contributed by atoms with E-state index in [0.29, 0.717) is 29.9 Å². The lowest BCUT2D eigenvalue weighted by Crippen LogP contribution is -2.65. The van der Waals surface area contributed by atoms with Crippen LogP contribution in [0, 0.1) is 11.8 Å². The van der Waals surface area contributed by atoms with E-state index in [1.165, 1.54) is 64.7 Å². The van der Waals surface area contributed by atoms with Crippen LogP contribution in [-0.2, 0) is 4.79 Å². The van der Waals surface area contributed by atoms with E-state index in [1.54, 1.807) is 12.4 Å². The highest BCUT2D eigenvalue weighted by Gasteiger charge is 2.49. The molecule has 34 heavy (non-hydrogen) atoms. The van der Waals surface area contributed by atoms with Crippen LogP contribution in [0.3, 0.4) is 0 Å². The molecule has 1 aromatic heterocycles. The van der Waals surface area contributed by atoms with Gasteiger partial charge < -0.3 is 15.1 Å². The summed E-state index contributed by atoms with van der Waals surface area (Å²) in [7, 11) is 0. The molecular weight excluding hydrogens is 426 g/mol. The van der Waals surface area contributed by atoms with Crippen LogP contribution in [0.15, 0.2) is 24.5 Å². The van der Waals surface area contributed by atoms with E-state index in [4.69, 9.17) is 0 Å². The second kappa shape index (κ2) is 11.2. The molecule has 4 fully saturated rings. The van der Waals surface area contributed by atoms with Gasteiger partial charge in [-0.15, -0.1) is 0 Å². The first-order valence-electron chi connectivity index (χ1n) is 13.6. The largest absolute Gasteiger partial charge is 0.355 e. The molecule has 7 heteroatoms. The molecule has 0 saturated carbocycles. The second-order valence-corrected chi connectivity index (χ2v) is 10.8. The van der Waals surface area contributed by atoms with Gasteiger partial charge in [-0.25, -0.2) is 0 Å². The zero-order valence-electron chi connectivity index (χ0n) is 20.5. The average molecular weight is 468 g/mol. The minimum absolute atomic E-state index is 0.120. The van der Waals surface area contributed by atoms with E-state index in [9.17, 15) is 9.59 Å². The topological polar surface area (TPSA) is 68.8 Å². The van der Waals surface area contributed by atoms with Gasteiger partial charge in [-0.3, -0.25) is 19.5 Å². The number of pyridine rings is 1. The first kappa shape index (κ1) is 23.7. The van der Waals surface area contributed by atoms with Crippen molar-refractivity contribution in [1.82, 2.24) is 25.0 Å². The first-order valence-corrected chi connectivity index (χ1v) is 13.6. The average Bonchev–Trinajstić information content (AvgIpc) is 3.39. The lowest BCUT2D eigenvalue weighted by atomic mass is 9.69. The Hall–Kier alpha value is -1.99. The lowest BCUT2D eigenvalue weighted by Gasteiger charge is -2.57. The third-order valence-corrected chi connectivity index (χ3v) is 8.69. The zero-order valence-corrected chi connectivity index (χ0v) is 20.5. The lowest BCUT2D eigenvalue weighted by molar-refractivity contribution is -0.121. The molecule has 7 nitrogen and oxygen atoms in total. The fraction of sp³-hybridized carbons (Fsp3) is 0.741. The van der Waals surface area contributed by atoms with E-state index >= 15 is 0 Å². The number of rotatable bonds is 8.